The number of carbonyl (C=O) groups is 2. The van der Waals surface area contributed by atoms with Gasteiger partial charge < -0.3 is 29.5 Å². The van der Waals surface area contributed by atoms with Crippen molar-refractivity contribution in [2.75, 3.05) is 53.2 Å². The summed E-state index contributed by atoms with van der Waals surface area (Å²) in [5, 5.41) is 11.4. The molecule has 0 aliphatic heterocycles. The zero-order chi connectivity index (χ0) is 16.1. The first-order valence-electron chi connectivity index (χ1n) is 6.99. The van der Waals surface area contributed by atoms with Gasteiger partial charge in [0.15, 0.2) is 6.04 Å². The van der Waals surface area contributed by atoms with Crippen molar-refractivity contribution in [3.63, 3.8) is 0 Å². The van der Waals surface area contributed by atoms with Crippen LogP contribution < -0.4 is 5.32 Å². The lowest BCUT2D eigenvalue weighted by molar-refractivity contribution is -0.140. The van der Waals surface area contributed by atoms with Gasteiger partial charge in [0, 0.05) is 33.4 Å². The van der Waals surface area contributed by atoms with Gasteiger partial charge in [-0.25, -0.2) is 9.59 Å². The van der Waals surface area contributed by atoms with E-state index in [4.69, 9.17) is 19.3 Å². The minimum Gasteiger partial charge on any atom is -0.480 e. The fourth-order valence-corrected chi connectivity index (χ4v) is 1.53. The number of nitrogens with zero attached hydrogens (tertiary/aromatic N) is 1. The smallest absolute Gasteiger partial charge is 0.328 e. The average molecular weight is 306 g/mol. The number of rotatable bonds is 12. The van der Waals surface area contributed by atoms with Gasteiger partial charge in [0.2, 0.25) is 0 Å². The molecule has 0 heterocycles. The fourth-order valence-electron chi connectivity index (χ4n) is 1.53. The molecule has 1 unspecified atom stereocenters. The van der Waals surface area contributed by atoms with Gasteiger partial charge in [0.1, 0.15) is 0 Å². The molecule has 124 valence electrons. The van der Waals surface area contributed by atoms with Crippen LogP contribution in [0.1, 0.15) is 13.8 Å². The van der Waals surface area contributed by atoms with E-state index < -0.39 is 18.0 Å². The summed E-state index contributed by atoms with van der Waals surface area (Å²) in [5.74, 6) is -1.14. The predicted molar refractivity (Wildman–Crippen MR) is 76.4 cm³/mol. The molecule has 8 heteroatoms. The minimum absolute atomic E-state index is 0.0914. The van der Waals surface area contributed by atoms with E-state index in [1.807, 2.05) is 13.8 Å². The van der Waals surface area contributed by atoms with Crippen LogP contribution in [0.4, 0.5) is 4.79 Å². The minimum atomic E-state index is -1.14. The van der Waals surface area contributed by atoms with Crippen LogP contribution in [-0.4, -0.2) is 81.3 Å². The van der Waals surface area contributed by atoms with Crippen LogP contribution in [0.15, 0.2) is 0 Å². The number of carboxylic acid groups (broad SMARTS) is 1. The zero-order valence-electron chi connectivity index (χ0n) is 13.0. The van der Waals surface area contributed by atoms with Crippen molar-refractivity contribution < 1.29 is 28.9 Å². The van der Waals surface area contributed by atoms with Crippen molar-refractivity contribution in [2.24, 2.45) is 0 Å². The Labute approximate surface area is 125 Å². The van der Waals surface area contributed by atoms with Crippen LogP contribution >= 0.6 is 0 Å². The number of amides is 2. The highest BCUT2D eigenvalue weighted by molar-refractivity contribution is 5.82. The topological polar surface area (TPSA) is 97.3 Å². The Bertz CT molecular complexity index is 290. The first-order chi connectivity index (χ1) is 10.1. The van der Waals surface area contributed by atoms with Crippen molar-refractivity contribution in [1.29, 1.82) is 0 Å². The maximum Gasteiger partial charge on any atom is 0.328 e. The lowest BCUT2D eigenvalue weighted by Crippen LogP contribution is -2.51. The molecule has 8 nitrogen and oxygen atoms in total. The van der Waals surface area contributed by atoms with E-state index in [9.17, 15) is 9.59 Å². The van der Waals surface area contributed by atoms with Crippen molar-refractivity contribution >= 4 is 12.0 Å². The van der Waals surface area contributed by atoms with Gasteiger partial charge in [-0.15, -0.1) is 0 Å². The maximum absolute atomic E-state index is 12.1. The second-order valence-electron chi connectivity index (χ2n) is 4.18. The number of carboxylic acids is 1. The van der Waals surface area contributed by atoms with Crippen LogP contribution in [0.3, 0.4) is 0 Å². The monoisotopic (exact) mass is 306 g/mol. The maximum atomic E-state index is 12.1. The number of aliphatic carboxylic acids is 1. The average Bonchev–Trinajstić information content (AvgIpc) is 2.45. The summed E-state index contributed by atoms with van der Waals surface area (Å²) in [5.41, 5.74) is 0. The largest absolute Gasteiger partial charge is 0.480 e. The summed E-state index contributed by atoms with van der Waals surface area (Å²) < 4.78 is 15.2. The van der Waals surface area contributed by atoms with E-state index in [2.05, 4.69) is 5.32 Å². The highest BCUT2D eigenvalue weighted by Crippen LogP contribution is 1.95. The van der Waals surface area contributed by atoms with Crippen LogP contribution in [0.5, 0.6) is 0 Å². The van der Waals surface area contributed by atoms with Gasteiger partial charge in [0.05, 0.1) is 19.8 Å². The molecular formula is C13H26N2O6. The van der Waals surface area contributed by atoms with E-state index in [1.54, 1.807) is 0 Å². The van der Waals surface area contributed by atoms with E-state index in [1.165, 1.54) is 12.0 Å². The van der Waals surface area contributed by atoms with Crippen LogP contribution in [0.25, 0.3) is 0 Å². The summed E-state index contributed by atoms with van der Waals surface area (Å²) in [7, 11) is 1.38. The van der Waals surface area contributed by atoms with Crippen LogP contribution in [0, 0.1) is 0 Å². The highest BCUT2D eigenvalue weighted by Gasteiger charge is 2.22. The molecule has 0 aliphatic rings. The molecule has 0 rings (SSSR count). The predicted octanol–water partition coefficient (Wildman–Crippen LogP) is 0.171. The Morgan fingerprint density at radius 1 is 1.14 bits per heavy atom. The van der Waals surface area contributed by atoms with Crippen molar-refractivity contribution in [1.82, 2.24) is 10.2 Å². The van der Waals surface area contributed by atoms with E-state index in [-0.39, 0.29) is 6.61 Å². The molecule has 0 aromatic carbocycles. The molecule has 1 atom stereocenters. The quantitative estimate of drug-likeness (QED) is 0.499. The third-order valence-electron chi connectivity index (χ3n) is 2.64. The number of hydrogen-bond donors (Lipinski definition) is 2. The zero-order valence-corrected chi connectivity index (χ0v) is 13.0. The number of carbonyl (C=O) groups excluding carboxylic acids is 1. The van der Waals surface area contributed by atoms with Gasteiger partial charge in [-0.1, -0.05) is 0 Å². The number of hydrogen-bond acceptors (Lipinski definition) is 5. The first-order valence-corrected chi connectivity index (χ1v) is 6.99. The molecule has 0 bridgehead atoms. The first kappa shape index (κ1) is 19.6. The lowest BCUT2D eigenvalue weighted by atomic mass is 10.3. The molecule has 2 N–H and O–H groups in total. The molecule has 0 aromatic heterocycles. The molecule has 2 amide bonds. The molecule has 0 saturated heterocycles. The molecule has 0 aromatic rings. The van der Waals surface area contributed by atoms with Crippen molar-refractivity contribution in [3.8, 4) is 0 Å². The summed E-state index contributed by atoms with van der Waals surface area (Å²) in [6.45, 7) is 6.26. The highest BCUT2D eigenvalue weighted by atomic mass is 16.5. The third-order valence-corrected chi connectivity index (χ3v) is 2.64. The van der Waals surface area contributed by atoms with E-state index in [0.29, 0.717) is 39.5 Å². The molecule has 0 fully saturated rings. The molecule has 0 aliphatic carbocycles. The summed E-state index contributed by atoms with van der Waals surface area (Å²) in [6.07, 6.45) is 0. The van der Waals surface area contributed by atoms with Crippen molar-refractivity contribution in [3.05, 3.63) is 0 Å². The van der Waals surface area contributed by atoms with Crippen LogP contribution in [-0.2, 0) is 19.0 Å². The van der Waals surface area contributed by atoms with Gasteiger partial charge in [-0.3, -0.25) is 0 Å². The molecule has 0 saturated carbocycles. The fraction of sp³-hybridized carbons (Fsp3) is 0.846. The standard InChI is InChI=1S/C13H26N2O6/c1-4-20-8-6-15(7-9-21-5-2)13(18)14-11(10-19-3)12(16)17/h11H,4-10H2,1-3H3,(H,14,18)(H,16,17). The molecule has 21 heavy (non-hydrogen) atoms. The molecule has 0 spiro atoms. The Hall–Kier alpha value is -1.38. The Kier molecular flexibility index (Phi) is 11.6. The number of ether oxygens (including phenoxy) is 3. The Morgan fingerprint density at radius 3 is 2.05 bits per heavy atom. The summed E-state index contributed by atoms with van der Waals surface area (Å²) in [6, 6.07) is -1.55. The van der Waals surface area contributed by atoms with Gasteiger partial charge in [0.25, 0.3) is 0 Å². The third kappa shape index (κ3) is 9.22. The van der Waals surface area contributed by atoms with Crippen LogP contribution in [0.2, 0.25) is 0 Å². The summed E-state index contributed by atoms with van der Waals surface area (Å²) in [4.78, 5) is 24.6. The van der Waals surface area contributed by atoms with E-state index >= 15 is 0 Å². The van der Waals surface area contributed by atoms with E-state index in [0.717, 1.165) is 0 Å². The Morgan fingerprint density at radius 2 is 1.67 bits per heavy atom. The van der Waals surface area contributed by atoms with Gasteiger partial charge >= 0.3 is 12.0 Å². The summed E-state index contributed by atoms with van der Waals surface area (Å²) >= 11 is 0. The lowest BCUT2D eigenvalue weighted by Gasteiger charge is -2.24. The normalized spacial score (nSPS) is 12.0. The SMILES string of the molecule is CCOCCN(CCOCC)C(=O)NC(COC)C(=O)O. The number of nitrogens with one attached hydrogen (secondary N) is 1. The Balaban J connectivity index is 4.47. The van der Waals surface area contributed by atoms with Crippen molar-refractivity contribution in [2.45, 2.75) is 19.9 Å². The second kappa shape index (κ2) is 12.4. The molecular weight excluding hydrogens is 280 g/mol. The number of urea groups is 1. The molecule has 0 radical (unpaired) electrons. The van der Waals surface area contributed by atoms with Gasteiger partial charge in [-0.05, 0) is 13.8 Å². The number of methoxy groups -OCH3 is 1. The van der Waals surface area contributed by atoms with Gasteiger partial charge in [-0.2, -0.15) is 0 Å². The second-order valence-corrected chi connectivity index (χ2v) is 4.18.